The van der Waals surface area contributed by atoms with Gasteiger partial charge in [0.15, 0.2) is 0 Å². The van der Waals surface area contributed by atoms with E-state index in [1.807, 2.05) is 35.1 Å². The second-order valence-electron chi connectivity index (χ2n) is 7.74. The molecule has 0 aliphatic heterocycles. The van der Waals surface area contributed by atoms with Crippen LogP contribution in [0, 0.1) is 13.8 Å². The monoisotopic (exact) mass is 399 g/mol. The number of amides is 1. The summed E-state index contributed by atoms with van der Waals surface area (Å²) in [5.41, 5.74) is 8.30. The van der Waals surface area contributed by atoms with Gasteiger partial charge in [-0.3, -0.25) is 9.89 Å². The molecule has 2 aromatic heterocycles. The van der Waals surface area contributed by atoms with Gasteiger partial charge in [0.05, 0.1) is 23.1 Å². The van der Waals surface area contributed by atoms with Gasteiger partial charge in [-0.15, -0.1) is 0 Å². The average molecular weight is 399 g/mol. The summed E-state index contributed by atoms with van der Waals surface area (Å²) in [5.74, 6) is 0.0266. The molecule has 0 radical (unpaired) electrons. The topological polar surface area (TPSA) is 75.6 Å². The van der Waals surface area contributed by atoms with E-state index in [4.69, 9.17) is 5.10 Å². The molecule has 2 heterocycles. The van der Waals surface area contributed by atoms with E-state index in [-0.39, 0.29) is 11.8 Å². The molecule has 2 N–H and O–H groups in total. The number of carbonyl (C=O) groups is 1. The van der Waals surface area contributed by atoms with E-state index < -0.39 is 0 Å². The Labute approximate surface area is 175 Å². The van der Waals surface area contributed by atoms with Gasteiger partial charge < -0.3 is 5.32 Å². The molecule has 0 fully saturated rings. The van der Waals surface area contributed by atoms with Crippen LogP contribution in [0.25, 0.3) is 27.7 Å². The second-order valence-corrected chi connectivity index (χ2v) is 7.74. The average Bonchev–Trinajstić information content (AvgIpc) is 3.33. The zero-order chi connectivity index (χ0) is 21.4. The number of hydrogen-bond acceptors (Lipinski definition) is 3. The predicted octanol–water partition coefficient (Wildman–Crippen LogP) is 5.28. The highest BCUT2D eigenvalue weighted by Crippen LogP contribution is 2.38. The summed E-state index contributed by atoms with van der Waals surface area (Å²) in [6, 6.07) is 11.8. The van der Waals surface area contributed by atoms with Crippen molar-refractivity contribution < 1.29 is 4.79 Å². The normalized spacial score (nSPS) is 11.2. The van der Waals surface area contributed by atoms with Crippen LogP contribution in [0.4, 0.5) is 5.69 Å². The van der Waals surface area contributed by atoms with Gasteiger partial charge in [0.25, 0.3) is 0 Å². The molecule has 4 aromatic rings. The van der Waals surface area contributed by atoms with Crippen LogP contribution in [0.2, 0.25) is 0 Å². The first-order chi connectivity index (χ1) is 14.4. The van der Waals surface area contributed by atoms with Gasteiger partial charge in [-0.1, -0.05) is 26.5 Å². The second kappa shape index (κ2) is 7.63. The Balaban J connectivity index is 1.87. The van der Waals surface area contributed by atoms with E-state index in [1.54, 1.807) is 0 Å². The maximum Gasteiger partial charge on any atom is 0.247 e. The summed E-state index contributed by atoms with van der Waals surface area (Å²) >= 11 is 0. The molecule has 30 heavy (non-hydrogen) atoms. The molecular formula is C24H25N5O. The summed E-state index contributed by atoms with van der Waals surface area (Å²) in [4.78, 5) is 11.5. The van der Waals surface area contributed by atoms with Gasteiger partial charge in [-0.05, 0) is 67.3 Å². The Bertz CT molecular complexity index is 1240. The zero-order valence-electron chi connectivity index (χ0n) is 17.7. The number of aromatic amines is 1. The predicted molar refractivity (Wildman–Crippen MR) is 121 cm³/mol. The fourth-order valence-electron chi connectivity index (χ4n) is 3.83. The van der Waals surface area contributed by atoms with Crippen LogP contribution in [-0.2, 0) is 4.79 Å². The molecule has 2 aromatic carbocycles. The van der Waals surface area contributed by atoms with E-state index >= 15 is 0 Å². The van der Waals surface area contributed by atoms with Crippen LogP contribution >= 0.6 is 0 Å². The number of carbonyl (C=O) groups excluding carboxylic acids is 1. The molecule has 6 heteroatoms. The summed E-state index contributed by atoms with van der Waals surface area (Å²) in [5, 5.41) is 16.2. The summed E-state index contributed by atoms with van der Waals surface area (Å²) in [7, 11) is 0. The molecule has 0 aliphatic carbocycles. The lowest BCUT2D eigenvalue weighted by molar-refractivity contribution is -0.111. The number of fused-ring (bicyclic) bond motifs is 1. The third kappa shape index (κ3) is 3.30. The van der Waals surface area contributed by atoms with E-state index in [0.29, 0.717) is 0 Å². The lowest BCUT2D eigenvalue weighted by Gasteiger charge is -2.11. The summed E-state index contributed by atoms with van der Waals surface area (Å²) in [6.45, 7) is 12.0. The molecule has 4 rings (SSSR count). The van der Waals surface area contributed by atoms with Gasteiger partial charge >= 0.3 is 0 Å². The molecule has 0 aliphatic rings. The number of anilines is 1. The molecule has 152 valence electrons. The van der Waals surface area contributed by atoms with Crippen molar-refractivity contribution >= 4 is 22.5 Å². The molecule has 0 atom stereocenters. The number of H-pyrrole nitrogens is 1. The number of nitrogens with zero attached hydrogens (tertiary/aromatic N) is 3. The summed E-state index contributed by atoms with van der Waals surface area (Å²) < 4.78 is 1.97. The minimum absolute atomic E-state index is 0.230. The quantitative estimate of drug-likeness (QED) is 0.448. The van der Waals surface area contributed by atoms with Crippen LogP contribution in [0.5, 0.6) is 0 Å². The first-order valence-electron chi connectivity index (χ1n) is 9.97. The van der Waals surface area contributed by atoms with Crippen LogP contribution in [0.3, 0.4) is 0 Å². The lowest BCUT2D eigenvalue weighted by atomic mass is 9.92. The lowest BCUT2D eigenvalue weighted by Crippen LogP contribution is -2.07. The Morgan fingerprint density at radius 3 is 2.53 bits per heavy atom. The minimum atomic E-state index is -0.230. The molecule has 0 saturated carbocycles. The van der Waals surface area contributed by atoms with E-state index in [9.17, 15) is 4.79 Å². The molecule has 0 unspecified atom stereocenters. The van der Waals surface area contributed by atoms with Crippen LogP contribution in [0.1, 0.15) is 36.7 Å². The Morgan fingerprint density at radius 1 is 1.13 bits per heavy atom. The number of aromatic nitrogens is 4. The molecule has 0 bridgehead atoms. The maximum atomic E-state index is 11.5. The first-order valence-corrected chi connectivity index (χ1v) is 9.97. The first kappa shape index (κ1) is 19.6. The van der Waals surface area contributed by atoms with Crippen molar-refractivity contribution in [3.8, 4) is 16.8 Å². The highest BCUT2D eigenvalue weighted by atomic mass is 16.1. The van der Waals surface area contributed by atoms with E-state index in [0.717, 1.165) is 39.2 Å². The largest absolute Gasteiger partial charge is 0.323 e. The van der Waals surface area contributed by atoms with Crippen LogP contribution in [0.15, 0.2) is 55.3 Å². The number of nitrogens with one attached hydrogen (secondary N) is 2. The van der Waals surface area contributed by atoms with Gasteiger partial charge in [0.2, 0.25) is 5.91 Å². The van der Waals surface area contributed by atoms with Gasteiger partial charge in [0, 0.05) is 22.3 Å². The van der Waals surface area contributed by atoms with Crippen molar-refractivity contribution in [3.05, 3.63) is 72.2 Å². The van der Waals surface area contributed by atoms with Crippen LogP contribution in [-0.4, -0.2) is 25.9 Å². The van der Waals surface area contributed by atoms with Crippen molar-refractivity contribution in [1.82, 2.24) is 20.0 Å². The smallest absolute Gasteiger partial charge is 0.247 e. The van der Waals surface area contributed by atoms with Crippen molar-refractivity contribution in [2.45, 2.75) is 33.6 Å². The van der Waals surface area contributed by atoms with Crippen molar-refractivity contribution in [2.24, 2.45) is 0 Å². The van der Waals surface area contributed by atoms with Gasteiger partial charge in [0.1, 0.15) is 0 Å². The summed E-state index contributed by atoms with van der Waals surface area (Å²) in [6.07, 6.45) is 3.14. The van der Waals surface area contributed by atoms with Crippen molar-refractivity contribution in [1.29, 1.82) is 0 Å². The van der Waals surface area contributed by atoms with Crippen molar-refractivity contribution in [3.63, 3.8) is 0 Å². The van der Waals surface area contributed by atoms with E-state index in [1.165, 1.54) is 17.2 Å². The maximum absolute atomic E-state index is 11.5. The molecule has 0 saturated heterocycles. The fraction of sp³-hybridized carbons (Fsp3) is 0.208. The Morgan fingerprint density at radius 2 is 1.87 bits per heavy atom. The number of hydrogen-bond donors (Lipinski definition) is 2. The van der Waals surface area contributed by atoms with Crippen LogP contribution < -0.4 is 5.32 Å². The molecule has 6 nitrogen and oxygen atoms in total. The third-order valence-electron chi connectivity index (χ3n) is 5.34. The Kier molecular flexibility index (Phi) is 4.99. The number of aryl methyl sites for hydroxylation is 1. The van der Waals surface area contributed by atoms with Gasteiger partial charge in [-0.2, -0.15) is 10.2 Å². The highest BCUT2D eigenvalue weighted by molar-refractivity contribution is 5.99. The molecule has 0 spiro atoms. The van der Waals surface area contributed by atoms with Crippen molar-refractivity contribution in [2.75, 3.05) is 5.32 Å². The SMILES string of the molecule is C=CC(=O)Nc1ccc(-n2nc(C(C)C)c(-c3c(C)ccc4[nH]ncc34)c2C)cc1. The number of rotatable bonds is 5. The highest BCUT2D eigenvalue weighted by Gasteiger charge is 2.23. The fourth-order valence-corrected chi connectivity index (χ4v) is 3.83. The molecular weight excluding hydrogens is 374 g/mol. The standard InChI is InChI=1S/C24H25N5O/c1-6-21(30)26-17-8-10-18(11-9-17)29-16(5)23(24(28-29)14(2)3)22-15(4)7-12-20-19(22)13-25-27-20/h6-14H,1H2,2-5H3,(H,25,27)(H,26,30). The van der Waals surface area contributed by atoms with E-state index in [2.05, 4.69) is 61.9 Å². The Hall–Kier alpha value is -3.67. The third-order valence-corrected chi connectivity index (χ3v) is 5.34. The van der Waals surface area contributed by atoms with Gasteiger partial charge in [-0.25, -0.2) is 4.68 Å². The zero-order valence-corrected chi connectivity index (χ0v) is 17.7. The minimum Gasteiger partial charge on any atom is -0.323 e. The molecule has 1 amide bonds. The number of benzene rings is 2.